The maximum Gasteiger partial charge on any atom is 0.258 e. The number of amides is 1. The predicted molar refractivity (Wildman–Crippen MR) is 76.0 cm³/mol. The molecule has 1 amide bonds. The molecule has 0 saturated carbocycles. The van der Waals surface area contributed by atoms with E-state index in [0.717, 1.165) is 0 Å². The summed E-state index contributed by atoms with van der Waals surface area (Å²) < 4.78 is 0. The van der Waals surface area contributed by atoms with Gasteiger partial charge in [0.25, 0.3) is 5.91 Å². The molecule has 5 nitrogen and oxygen atoms in total. The van der Waals surface area contributed by atoms with E-state index >= 15 is 0 Å². The molecule has 0 spiro atoms. The molecule has 0 aromatic carbocycles. The van der Waals surface area contributed by atoms with Gasteiger partial charge in [0.1, 0.15) is 5.82 Å². The van der Waals surface area contributed by atoms with E-state index in [1.807, 2.05) is 0 Å². The molecule has 2 rings (SSSR count). The van der Waals surface area contributed by atoms with Crippen molar-refractivity contribution >= 4 is 40.7 Å². The number of rotatable bonds is 3. The number of hydrogen-bond donors (Lipinski definition) is 2. The van der Waals surface area contributed by atoms with Gasteiger partial charge in [0, 0.05) is 19.4 Å². The van der Waals surface area contributed by atoms with Crippen LogP contribution < -0.4 is 10.6 Å². The molecule has 98 valence electrons. The maximum atomic E-state index is 12.0. The SMILES string of the molecule is CNc1ncc(C(=O)Nc2ncccc2Cl)cc1Cl. The molecular weight excluding hydrogens is 287 g/mol. The maximum absolute atomic E-state index is 12.0. The van der Waals surface area contributed by atoms with Gasteiger partial charge in [0.15, 0.2) is 5.82 Å². The van der Waals surface area contributed by atoms with Crippen LogP contribution in [0.3, 0.4) is 0 Å². The van der Waals surface area contributed by atoms with Crippen LogP contribution in [-0.2, 0) is 0 Å². The molecule has 2 aromatic heterocycles. The van der Waals surface area contributed by atoms with Crippen LogP contribution in [0.5, 0.6) is 0 Å². The monoisotopic (exact) mass is 296 g/mol. The Hall–Kier alpha value is -1.85. The zero-order valence-electron chi connectivity index (χ0n) is 9.95. The third-order valence-electron chi connectivity index (χ3n) is 2.33. The number of nitrogens with zero attached hydrogens (tertiary/aromatic N) is 2. The third kappa shape index (κ3) is 3.13. The zero-order chi connectivity index (χ0) is 13.8. The summed E-state index contributed by atoms with van der Waals surface area (Å²) in [6.45, 7) is 0. The Labute approximate surface area is 120 Å². The van der Waals surface area contributed by atoms with Crippen molar-refractivity contribution in [2.24, 2.45) is 0 Å². The van der Waals surface area contributed by atoms with Crippen LogP contribution >= 0.6 is 23.2 Å². The van der Waals surface area contributed by atoms with Crippen molar-refractivity contribution in [2.45, 2.75) is 0 Å². The first kappa shape index (κ1) is 13.6. The molecule has 0 saturated heterocycles. The Kier molecular flexibility index (Phi) is 4.19. The minimum absolute atomic E-state index is 0.294. The van der Waals surface area contributed by atoms with E-state index in [4.69, 9.17) is 23.2 Å². The van der Waals surface area contributed by atoms with Gasteiger partial charge in [-0.05, 0) is 18.2 Å². The van der Waals surface area contributed by atoms with Crippen LogP contribution in [0.1, 0.15) is 10.4 Å². The second-order valence-electron chi connectivity index (χ2n) is 3.59. The lowest BCUT2D eigenvalue weighted by molar-refractivity contribution is 0.102. The molecule has 7 heteroatoms. The van der Waals surface area contributed by atoms with E-state index in [2.05, 4.69) is 20.6 Å². The van der Waals surface area contributed by atoms with Crippen LogP contribution in [0.4, 0.5) is 11.6 Å². The summed E-state index contributed by atoms with van der Waals surface area (Å²) >= 11 is 11.9. The Bertz CT molecular complexity index is 618. The van der Waals surface area contributed by atoms with E-state index in [0.29, 0.717) is 27.2 Å². The molecule has 0 atom stereocenters. The summed E-state index contributed by atoms with van der Waals surface area (Å²) in [5.74, 6) is 0.426. The first-order valence-electron chi connectivity index (χ1n) is 5.37. The lowest BCUT2D eigenvalue weighted by Gasteiger charge is -2.07. The molecule has 0 aliphatic heterocycles. The minimum Gasteiger partial charge on any atom is -0.372 e. The minimum atomic E-state index is -0.377. The zero-order valence-corrected chi connectivity index (χ0v) is 11.5. The summed E-state index contributed by atoms with van der Waals surface area (Å²) in [5.41, 5.74) is 0.325. The van der Waals surface area contributed by atoms with Crippen molar-refractivity contribution in [3.8, 4) is 0 Å². The van der Waals surface area contributed by atoms with E-state index in [-0.39, 0.29) is 5.91 Å². The molecule has 0 radical (unpaired) electrons. The Morgan fingerprint density at radius 3 is 2.63 bits per heavy atom. The quantitative estimate of drug-likeness (QED) is 0.913. The van der Waals surface area contributed by atoms with E-state index in [9.17, 15) is 4.79 Å². The number of carbonyl (C=O) groups is 1. The van der Waals surface area contributed by atoms with Gasteiger partial charge in [0.05, 0.1) is 15.6 Å². The summed E-state index contributed by atoms with van der Waals surface area (Å²) in [4.78, 5) is 20.0. The van der Waals surface area contributed by atoms with E-state index in [1.165, 1.54) is 18.5 Å². The summed E-state index contributed by atoms with van der Waals surface area (Å²) in [6, 6.07) is 4.84. The van der Waals surface area contributed by atoms with E-state index in [1.54, 1.807) is 19.2 Å². The van der Waals surface area contributed by atoms with Crippen LogP contribution in [0.25, 0.3) is 0 Å². The van der Waals surface area contributed by atoms with E-state index < -0.39 is 0 Å². The van der Waals surface area contributed by atoms with Crippen molar-refractivity contribution < 1.29 is 4.79 Å². The Morgan fingerprint density at radius 2 is 2.00 bits per heavy atom. The highest BCUT2D eigenvalue weighted by atomic mass is 35.5. The summed E-state index contributed by atoms with van der Waals surface area (Å²) in [7, 11) is 1.70. The topological polar surface area (TPSA) is 66.9 Å². The van der Waals surface area contributed by atoms with Crippen molar-refractivity contribution in [2.75, 3.05) is 17.7 Å². The van der Waals surface area contributed by atoms with Gasteiger partial charge in [-0.15, -0.1) is 0 Å². The number of aromatic nitrogens is 2. The molecule has 0 aliphatic rings. The first-order valence-corrected chi connectivity index (χ1v) is 6.12. The highest BCUT2D eigenvalue weighted by molar-refractivity contribution is 6.34. The van der Waals surface area contributed by atoms with Gasteiger partial charge in [-0.2, -0.15) is 0 Å². The molecule has 2 N–H and O–H groups in total. The molecule has 2 heterocycles. The largest absolute Gasteiger partial charge is 0.372 e. The number of carbonyl (C=O) groups excluding carboxylic acids is 1. The van der Waals surface area contributed by atoms with Gasteiger partial charge >= 0.3 is 0 Å². The Morgan fingerprint density at radius 1 is 1.21 bits per heavy atom. The van der Waals surface area contributed by atoms with Crippen molar-refractivity contribution in [1.29, 1.82) is 0 Å². The molecule has 0 aliphatic carbocycles. The highest BCUT2D eigenvalue weighted by Gasteiger charge is 2.11. The van der Waals surface area contributed by atoms with Gasteiger partial charge in [0.2, 0.25) is 0 Å². The predicted octanol–water partition coefficient (Wildman–Crippen LogP) is 3.08. The molecular formula is C12H10Cl2N4O. The van der Waals surface area contributed by atoms with Crippen molar-refractivity contribution in [3.05, 3.63) is 46.2 Å². The number of halogens is 2. The van der Waals surface area contributed by atoms with Crippen molar-refractivity contribution in [3.63, 3.8) is 0 Å². The third-order valence-corrected chi connectivity index (χ3v) is 2.92. The van der Waals surface area contributed by atoms with Crippen molar-refractivity contribution in [1.82, 2.24) is 9.97 Å². The number of nitrogens with one attached hydrogen (secondary N) is 2. The number of anilines is 2. The fraction of sp³-hybridized carbons (Fsp3) is 0.0833. The number of pyridine rings is 2. The van der Waals surface area contributed by atoms with Crippen LogP contribution in [0.15, 0.2) is 30.6 Å². The lowest BCUT2D eigenvalue weighted by Crippen LogP contribution is -2.14. The van der Waals surface area contributed by atoms with Gasteiger partial charge in [-0.3, -0.25) is 4.79 Å². The standard InChI is InChI=1S/C12H10Cl2N4O/c1-15-10-9(14)5-7(6-17-10)12(19)18-11-8(13)3-2-4-16-11/h2-6H,1H3,(H,15,17)(H,16,18,19). The lowest BCUT2D eigenvalue weighted by atomic mass is 10.2. The summed E-state index contributed by atoms with van der Waals surface area (Å²) in [5, 5.41) is 6.13. The van der Waals surface area contributed by atoms with Gasteiger partial charge in [-0.1, -0.05) is 23.2 Å². The average molecular weight is 297 g/mol. The Balaban J connectivity index is 2.21. The average Bonchev–Trinajstić information content (AvgIpc) is 2.41. The molecule has 0 bridgehead atoms. The van der Waals surface area contributed by atoms with Crippen LogP contribution in [0.2, 0.25) is 10.0 Å². The summed E-state index contributed by atoms with van der Waals surface area (Å²) in [6.07, 6.45) is 2.96. The fourth-order valence-corrected chi connectivity index (χ4v) is 1.83. The second-order valence-corrected chi connectivity index (χ2v) is 4.41. The molecule has 0 unspecified atom stereocenters. The highest BCUT2D eigenvalue weighted by Crippen LogP contribution is 2.21. The number of hydrogen-bond acceptors (Lipinski definition) is 4. The first-order chi connectivity index (χ1) is 9.11. The normalized spacial score (nSPS) is 10.1. The van der Waals surface area contributed by atoms with Gasteiger partial charge < -0.3 is 10.6 Å². The van der Waals surface area contributed by atoms with Crippen LogP contribution in [0, 0.1) is 0 Å². The molecule has 19 heavy (non-hydrogen) atoms. The van der Waals surface area contributed by atoms with Gasteiger partial charge in [-0.25, -0.2) is 9.97 Å². The molecule has 0 fully saturated rings. The fourth-order valence-electron chi connectivity index (χ4n) is 1.40. The molecule has 2 aromatic rings. The smallest absolute Gasteiger partial charge is 0.258 e. The second kappa shape index (κ2) is 5.86. The van der Waals surface area contributed by atoms with Crippen LogP contribution in [-0.4, -0.2) is 22.9 Å².